The monoisotopic (exact) mass is 483 g/mol. The van der Waals surface area contributed by atoms with Crippen molar-refractivity contribution < 1.29 is 19.4 Å². The lowest BCUT2D eigenvalue weighted by molar-refractivity contribution is -0.113. The summed E-state index contributed by atoms with van der Waals surface area (Å²) in [6.45, 7) is 1.83. The van der Waals surface area contributed by atoms with Crippen LogP contribution in [0.15, 0.2) is 84.1 Å². The Morgan fingerprint density at radius 1 is 1.00 bits per heavy atom. The van der Waals surface area contributed by atoms with Crippen LogP contribution in [-0.2, 0) is 4.79 Å². The summed E-state index contributed by atoms with van der Waals surface area (Å²) in [5.41, 5.74) is 3.22. The van der Waals surface area contributed by atoms with E-state index in [4.69, 9.17) is 14.6 Å². The molecule has 9 heteroatoms. The summed E-state index contributed by atoms with van der Waals surface area (Å²) >= 11 is 0. The van der Waals surface area contributed by atoms with Gasteiger partial charge in [-0.05, 0) is 48.9 Å². The van der Waals surface area contributed by atoms with Crippen molar-refractivity contribution in [2.75, 3.05) is 24.9 Å². The molecule has 0 saturated heterocycles. The Kier molecular flexibility index (Phi) is 6.03. The highest BCUT2D eigenvalue weighted by Gasteiger charge is 2.35. The first-order valence-electron chi connectivity index (χ1n) is 11.3. The standard InChI is InChI=1S/C27H25N5O4/c1-16-23(26(34)29-19-9-5-4-6-10-19)24(17-12-13-21(35-2)22(15-17)36-3)32-27(28-16)30-25(31-32)18-8-7-11-20(33)14-18/h4-15,24,33H,1-3H3,(H,29,34)(H,28,30,31). The fourth-order valence-corrected chi connectivity index (χ4v) is 4.26. The number of methoxy groups -OCH3 is 2. The van der Waals surface area contributed by atoms with Crippen LogP contribution in [0, 0.1) is 0 Å². The molecule has 1 aromatic heterocycles. The molecular formula is C27H25N5O4. The number of carbonyl (C=O) groups excluding carboxylic acids is 1. The predicted molar refractivity (Wildman–Crippen MR) is 136 cm³/mol. The maximum Gasteiger partial charge on any atom is 0.255 e. The number of hydrogen-bond donors (Lipinski definition) is 3. The Labute approximate surface area is 208 Å². The van der Waals surface area contributed by atoms with E-state index in [-0.39, 0.29) is 11.7 Å². The topological polar surface area (TPSA) is 111 Å². The minimum Gasteiger partial charge on any atom is -0.508 e. The number of hydrogen-bond acceptors (Lipinski definition) is 7. The maximum absolute atomic E-state index is 13.6. The molecule has 1 amide bonds. The van der Waals surface area contributed by atoms with Gasteiger partial charge in [-0.25, -0.2) is 4.68 Å². The van der Waals surface area contributed by atoms with Crippen molar-refractivity contribution in [3.05, 3.63) is 89.6 Å². The molecule has 1 aliphatic rings. The van der Waals surface area contributed by atoms with Gasteiger partial charge >= 0.3 is 0 Å². The molecular weight excluding hydrogens is 458 g/mol. The van der Waals surface area contributed by atoms with E-state index in [1.807, 2.05) is 55.5 Å². The number of amides is 1. The second kappa shape index (κ2) is 9.46. The van der Waals surface area contributed by atoms with Gasteiger partial charge in [0.1, 0.15) is 11.8 Å². The highest BCUT2D eigenvalue weighted by atomic mass is 16.5. The number of benzene rings is 3. The number of rotatable bonds is 6. The van der Waals surface area contributed by atoms with Crippen molar-refractivity contribution in [1.29, 1.82) is 0 Å². The quantitative estimate of drug-likeness (QED) is 0.368. The lowest BCUT2D eigenvalue weighted by Gasteiger charge is -2.29. The van der Waals surface area contributed by atoms with E-state index in [0.717, 1.165) is 5.56 Å². The Morgan fingerprint density at radius 3 is 2.50 bits per heavy atom. The summed E-state index contributed by atoms with van der Waals surface area (Å²) < 4.78 is 12.6. The summed E-state index contributed by atoms with van der Waals surface area (Å²) in [6, 6.07) is 20.9. The molecule has 1 unspecified atom stereocenters. The first-order valence-corrected chi connectivity index (χ1v) is 11.3. The number of fused-ring (bicyclic) bond motifs is 1. The summed E-state index contributed by atoms with van der Waals surface area (Å²) in [5.74, 6) is 1.83. The highest BCUT2D eigenvalue weighted by molar-refractivity contribution is 6.06. The number of aromatic hydroxyl groups is 1. The van der Waals surface area contributed by atoms with Crippen LogP contribution >= 0.6 is 0 Å². The largest absolute Gasteiger partial charge is 0.508 e. The molecule has 9 nitrogen and oxygen atoms in total. The summed E-state index contributed by atoms with van der Waals surface area (Å²) in [5, 5.41) is 20.9. The number of nitrogens with one attached hydrogen (secondary N) is 2. The van der Waals surface area contributed by atoms with Gasteiger partial charge in [0.2, 0.25) is 5.95 Å². The summed E-state index contributed by atoms with van der Waals surface area (Å²) in [6.07, 6.45) is 0. The number of phenolic OH excluding ortho intramolecular Hbond substituents is 1. The van der Waals surface area contributed by atoms with E-state index >= 15 is 0 Å². The second-order valence-electron chi connectivity index (χ2n) is 8.25. The predicted octanol–water partition coefficient (Wildman–Crippen LogP) is 4.60. The fraction of sp³-hybridized carbons (Fsp3) is 0.148. The van der Waals surface area contributed by atoms with Crippen LogP contribution in [0.3, 0.4) is 0 Å². The van der Waals surface area contributed by atoms with E-state index in [1.54, 1.807) is 43.2 Å². The van der Waals surface area contributed by atoms with Crippen LogP contribution < -0.4 is 20.1 Å². The number of phenols is 1. The van der Waals surface area contributed by atoms with Gasteiger partial charge in [-0.2, -0.15) is 4.98 Å². The first-order chi connectivity index (χ1) is 17.5. The normalized spacial score (nSPS) is 14.6. The lowest BCUT2D eigenvalue weighted by Crippen LogP contribution is -2.31. The Bertz CT molecular complexity index is 1460. The van der Waals surface area contributed by atoms with Gasteiger partial charge in [0, 0.05) is 16.9 Å². The number of anilines is 2. The third kappa shape index (κ3) is 4.22. The van der Waals surface area contributed by atoms with Gasteiger partial charge in [0.25, 0.3) is 5.91 Å². The van der Waals surface area contributed by atoms with Crippen LogP contribution in [0.2, 0.25) is 0 Å². The average Bonchev–Trinajstić information content (AvgIpc) is 3.31. The molecule has 3 aromatic carbocycles. The molecule has 0 radical (unpaired) electrons. The Balaban J connectivity index is 1.64. The lowest BCUT2D eigenvalue weighted by atomic mass is 9.94. The van der Waals surface area contributed by atoms with E-state index in [2.05, 4.69) is 15.6 Å². The second-order valence-corrected chi connectivity index (χ2v) is 8.25. The molecule has 1 atom stereocenters. The molecule has 4 aromatic rings. The van der Waals surface area contributed by atoms with Gasteiger partial charge in [0.15, 0.2) is 17.3 Å². The SMILES string of the molecule is COc1ccc(C2C(C(=O)Nc3ccccc3)=C(C)Nc3nc(-c4cccc(O)c4)nn32)cc1OC. The van der Waals surface area contributed by atoms with Crippen molar-refractivity contribution in [3.8, 4) is 28.6 Å². The molecule has 2 heterocycles. The van der Waals surface area contributed by atoms with Crippen molar-refractivity contribution in [2.45, 2.75) is 13.0 Å². The first kappa shape index (κ1) is 23.0. The van der Waals surface area contributed by atoms with E-state index in [9.17, 15) is 9.90 Å². The van der Waals surface area contributed by atoms with Crippen molar-refractivity contribution in [3.63, 3.8) is 0 Å². The molecule has 0 aliphatic carbocycles. The molecule has 0 fully saturated rings. The van der Waals surface area contributed by atoms with Gasteiger partial charge in [-0.1, -0.05) is 36.4 Å². The van der Waals surface area contributed by atoms with E-state index < -0.39 is 6.04 Å². The van der Waals surface area contributed by atoms with E-state index in [0.29, 0.717) is 45.8 Å². The summed E-state index contributed by atoms with van der Waals surface area (Å²) in [7, 11) is 3.14. The number of nitrogens with zero attached hydrogens (tertiary/aromatic N) is 3. The molecule has 36 heavy (non-hydrogen) atoms. The van der Waals surface area contributed by atoms with Crippen molar-refractivity contribution in [1.82, 2.24) is 14.8 Å². The Morgan fingerprint density at radius 2 is 1.78 bits per heavy atom. The molecule has 0 saturated carbocycles. The zero-order valence-electron chi connectivity index (χ0n) is 20.0. The number of para-hydroxylation sites is 1. The minimum atomic E-state index is -0.608. The van der Waals surface area contributed by atoms with Crippen LogP contribution in [0.4, 0.5) is 11.6 Å². The Hall–Kier alpha value is -4.79. The van der Waals surface area contributed by atoms with Crippen LogP contribution in [0.25, 0.3) is 11.4 Å². The molecule has 0 bridgehead atoms. The number of aromatic nitrogens is 3. The van der Waals surface area contributed by atoms with Crippen LogP contribution in [0.1, 0.15) is 18.5 Å². The van der Waals surface area contributed by atoms with Crippen LogP contribution in [0.5, 0.6) is 17.2 Å². The zero-order valence-corrected chi connectivity index (χ0v) is 20.0. The average molecular weight is 484 g/mol. The number of ether oxygens (including phenoxy) is 2. The van der Waals surface area contributed by atoms with Crippen molar-refractivity contribution in [2.24, 2.45) is 0 Å². The smallest absolute Gasteiger partial charge is 0.255 e. The molecule has 182 valence electrons. The number of allylic oxidation sites excluding steroid dienone is 1. The van der Waals surface area contributed by atoms with Crippen molar-refractivity contribution >= 4 is 17.5 Å². The molecule has 5 rings (SSSR count). The van der Waals surface area contributed by atoms with E-state index in [1.165, 1.54) is 0 Å². The zero-order chi connectivity index (χ0) is 25.2. The van der Waals surface area contributed by atoms with Gasteiger partial charge in [0.05, 0.1) is 19.8 Å². The third-order valence-electron chi connectivity index (χ3n) is 5.96. The minimum absolute atomic E-state index is 0.113. The highest BCUT2D eigenvalue weighted by Crippen LogP contribution is 2.40. The maximum atomic E-state index is 13.6. The third-order valence-corrected chi connectivity index (χ3v) is 5.96. The molecule has 1 aliphatic heterocycles. The fourth-order valence-electron chi connectivity index (χ4n) is 4.26. The van der Waals surface area contributed by atoms with Gasteiger partial charge in [-0.3, -0.25) is 4.79 Å². The van der Waals surface area contributed by atoms with Gasteiger partial charge < -0.3 is 25.2 Å². The molecule has 0 spiro atoms. The van der Waals surface area contributed by atoms with Crippen LogP contribution in [-0.4, -0.2) is 40.0 Å². The molecule has 3 N–H and O–H groups in total. The number of carbonyl (C=O) groups is 1. The summed E-state index contributed by atoms with van der Waals surface area (Å²) in [4.78, 5) is 18.3. The van der Waals surface area contributed by atoms with Gasteiger partial charge in [-0.15, -0.1) is 5.10 Å².